The van der Waals surface area contributed by atoms with Crippen molar-refractivity contribution in [3.8, 4) is 6.07 Å². The number of aliphatic imine (C=N–C) groups is 1. The fourth-order valence-electron chi connectivity index (χ4n) is 1.19. The van der Waals surface area contributed by atoms with Gasteiger partial charge in [-0.3, -0.25) is 0 Å². The van der Waals surface area contributed by atoms with Gasteiger partial charge in [-0.05, 0) is 12.1 Å². The summed E-state index contributed by atoms with van der Waals surface area (Å²) in [5, 5.41) is 7.84. The highest BCUT2D eigenvalue weighted by Crippen LogP contribution is 2.36. The lowest BCUT2D eigenvalue weighted by molar-refractivity contribution is -0.137. The van der Waals surface area contributed by atoms with Crippen molar-refractivity contribution in [2.45, 2.75) is 6.18 Å². The third-order valence-electron chi connectivity index (χ3n) is 2.02. The number of hydrogen-bond acceptors (Lipinski definition) is 3. The van der Waals surface area contributed by atoms with Crippen LogP contribution in [0.5, 0.6) is 0 Å². The van der Waals surface area contributed by atoms with E-state index in [9.17, 15) is 17.6 Å². The normalized spacial score (nSPS) is 13.2. The molecule has 4 nitrogen and oxygen atoms in total. The third-order valence-corrected chi connectivity index (χ3v) is 2.31. The van der Waals surface area contributed by atoms with Crippen molar-refractivity contribution in [3.05, 3.63) is 40.3 Å². The van der Waals surface area contributed by atoms with Crippen molar-refractivity contribution < 1.29 is 17.6 Å². The molecular weight excluding hydrogens is 300 g/mol. The molecule has 0 saturated heterocycles. The number of alkyl halides is 3. The zero-order valence-electron chi connectivity index (χ0n) is 9.67. The van der Waals surface area contributed by atoms with Gasteiger partial charge in [-0.15, -0.1) is 0 Å². The van der Waals surface area contributed by atoms with E-state index in [0.29, 0.717) is 6.07 Å². The van der Waals surface area contributed by atoms with E-state index < -0.39 is 28.3 Å². The number of amidine groups is 1. The van der Waals surface area contributed by atoms with Crippen LogP contribution in [0.25, 0.3) is 0 Å². The first-order valence-electron chi connectivity index (χ1n) is 4.93. The molecule has 0 aliphatic carbocycles. The van der Waals surface area contributed by atoms with Gasteiger partial charge in [-0.2, -0.15) is 18.4 Å². The molecular formula is C11H7ClF4N4. The van der Waals surface area contributed by atoms with Gasteiger partial charge in [-0.1, -0.05) is 11.6 Å². The molecule has 0 aliphatic rings. The summed E-state index contributed by atoms with van der Waals surface area (Å²) in [4.78, 5) is 3.48. The zero-order chi connectivity index (χ0) is 15.5. The lowest BCUT2D eigenvalue weighted by Crippen LogP contribution is -2.11. The molecule has 9 heteroatoms. The Bertz CT molecular complexity index is 605. The number of hydrogen-bond donors (Lipinski definition) is 2. The number of allylic oxidation sites excluding steroid dienone is 1. The number of nitrogens with two attached hydrogens (primary N) is 2. The summed E-state index contributed by atoms with van der Waals surface area (Å²) in [5.41, 5.74) is 8.37. The van der Waals surface area contributed by atoms with Crippen LogP contribution in [0.2, 0.25) is 5.02 Å². The van der Waals surface area contributed by atoms with Gasteiger partial charge >= 0.3 is 6.18 Å². The van der Waals surface area contributed by atoms with Crippen LogP contribution < -0.4 is 11.5 Å². The van der Waals surface area contributed by atoms with Crippen LogP contribution in [0.3, 0.4) is 0 Å². The quantitative estimate of drug-likeness (QED) is 0.381. The van der Waals surface area contributed by atoms with E-state index in [4.69, 9.17) is 28.3 Å². The molecule has 106 valence electrons. The summed E-state index contributed by atoms with van der Waals surface area (Å²) >= 11 is 5.54. The smallest absolute Gasteiger partial charge is 0.390 e. The maximum atomic E-state index is 13.6. The molecule has 4 N–H and O–H groups in total. The van der Waals surface area contributed by atoms with Crippen LogP contribution in [0.15, 0.2) is 28.9 Å². The standard InChI is InChI=1S/C11H7ClF4N4/c12-7-1-5(11(14,15)16)2-8(13)10(7)20-9(19)3-6(18)4-17/h1-3H,18H2,(H2,19,20)/b6-3-. The van der Waals surface area contributed by atoms with Crippen LogP contribution in [-0.4, -0.2) is 5.84 Å². The second kappa shape index (κ2) is 5.79. The summed E-state index contributed by atoms with van der Waals surface area (Å²) in [7, 11) is 0. The van der Waals surface area contributed by atoms with E-state index in [-0.39, 0.29) is 17.6 Å². The average Bonchev–Trinajstić information content (AvgIpc) is 2.32. The van der Waals surface area contributed by atoms with Gasteiger partial charge in [0.15, 0.2) is 5.82 Å². The first-order valence-corrected chi connectivity index (χ1v) is 5.30. The highest BCUT2D eigenvalue weighted by Gasteiger charge is 2.32. The van der Waals surface area contributed by atoms with E-state index >= 15 is 0 Å². The fraction of sp³-hybridized carbons (Fsp3) is 0.0909. The van der Waals surface area contributed by atoms with Crippen LogP contribution in [0.1, 0.15) is 5.56 Å². The summed E-state index contributed by atoms with van der Waals surface area (Å²) in [5.74, 6) is -1.67. The largest absolute Gasteiger partial charge is 0.416 e. The van der Waals surface area contributed by atoms with Crippen molar-refractivity contribution in [1.82, 2.24) is 0 Å². The predicted molar refractivity (Wildman–Crippen MR) is 65.6 cm³/mol. The number of benzene rings is 1. The minimum absolute atomic E-state index is 0.245. The lowest BCUT2D eigenvalue weighted by atomic mass is 10.2. The molecule has 0 saturated carbocycles. The highest BCUT2D eigenvalue weighted by atomic mass is 35.5. The van der Waals surface area contributed by atoms with Crippen molar-refractivity contribution in [2.75, 3.05) is 0 Å². The van der Waals surface area contributed by atoms with Crippen molar-refractivity contribution in [1.29, 1.82) is 5.26 Å². The van der Waals surface area contributed by atoms with Crippen molar-refractivity contribution in [3.63, 3.8) is 0 Å². The van der Waals surface area contributed by atoms with Crippen molar-refractivity contribution in [2.24, 2.45) is 16.5 Å². The van der Waals surface area contributed by atoms with E-state index in [1.54, 1.807) is 6.07 Å². The minimum Gasteiger partial charge on any atom is -0.390 e. The first kappa shape index (κ1) is 15.8. The molecule has 0 fully saturated rings. The highest BCUT2D eigenvalue weighted by molar-refractivity contribution is 6.33. The Morgan fingerprint density at radius 1 is 1.35 bits per heavy atom. The summed E-state index contributed by atoms with van der Waals surface area (Å²) in [6.07, 6.45) is -3.81. The van der Waals surface area contributed by atoms with Crippen LogP contribution in [-0.2, 0) is 6.18 Å². The molecule has 0 aliphatic heterocycles. The van der Waals surface area contributed by atoms with Gasteiger partial charge in [0.1, 0.15) is 23.3 Å². The second-order valence-corrected chi connectivity index (χ2v) is 3.94. The first-order chi connectivity index (χ1) is 9.15. The molecule has 20 heavy (non-hydrogen) atoms. The summed E-state index contributed by atoms with van der Waals surface area (Å²) in [6.45, 7) is 0. The zero-order valence-corrected chi connectivity index (χ0v) is 10.4. The maximum Gasteiger partial charge on any atom is 0.416 e. The Kier molecular flexibility index (Phi) is 4.57. The second-order valence-electron chi connectivity index (χ2n) is 3.53. The maximum absolute atomic E-state index is 13.6. The number of halogens is 5. The molecule has 0 unspecified atom stereocenters. The van der Waals surface area contributed by atoms with Gasteiger partial charge in [0.05, 0.1) is 10.6 Å². The van der Waals surface area contributed by atoms with Gasteiger partial charge < -0.3 is 11.5 Å². The molecule has 1 rings (SSSR count). The van der Waals surface area contributed by atoms with Crippen LogP contribution in [0, 0.1) is 17.1 Å². The molecule has 1 aromatic rings. The number of nitriles is 1. The van der Waals surface area contributed by atoms with Crippen LogP contribution in [0.4, 0.5) is 23.2 Å². The minimum atomic E-state index is -4.73. The third kappa shape index (κ3) is 3.86. The Morgan fingerprint density at radius 2 is 1.95 bits per heavy atom. The lowest BCUT2D eigenvalue weighted by Gasteiger charge is -2.09. The molecule has 0 spiro atoms. The number of nitrogens with zero attached hydrogens (tertiary/aromatic N) is 2. The topological polar surface area (TPSA) is 88.2 Å². The summed E-state index contributed by atoms with van der Waals surface area (Å²) in [6, 6.07) is 2.31. The Balaban J connectivity index is 3.30. The number of rotatable bonds is 2. The Hall–Kier alpha value is -2.27. The van der Waals surface area contributed by atoms with Gasteiger partial charge in [-0.25, -0.2) is 9.38 Å². The Morgan fingerprint density at radius 3 is 2.40 bits per heavy atom. The van der Waals surface area contributed by atoms with E-state index in [1.807, 2.05) is 0 Å². The molecule has 0 radical (unpaired) electrons. The monoisotopic (exact) mass is 306 g/mol. The van der Waals surface area contributed by atoms with Gasteiger partial charge in [0.2, 0.25) is 0 Å². The van der Waals surface area contributed by atoms with E-state index in [0.717, 1.165) is 6.08 Å². The van der Waals surface area contributed by atoms with E-state index in [2.05, 4.69) is 4.99 Å². The molecule has 0 amide bonds. The van der Waals surface area contributed by atoms with E-state index in [1.165, 1.54) is 0 Å². The van der Waals surface area contributed by atoms with Gasteiger partial charge in [0.25, 0.3) is 0 Å². The fourth-order valence-corrected chi connectivity index (χ4v) is 1.44. The predicted octanol–water partition coefficient (Wildman–Crippen LogP) is 2.85. The summed E-state index contributed by atoms with van der Waals surface area (Å²) < 4.78 is 50.8. The average molecular weight is 307 g/mol. The molecule has 0 bridgehead atoms. The molecule has 0 aromatic heterocycles. The Labute approximate surface area is 115 Å². The molecule has 0 heterocycles. The van der Waals surface area contributed by atoms with Gasteiger partial charge in [0, 0.05) is 6.08 Å². The SMILES string of the molecule is N#C/C(N)=C/C(N)=Nc1c(F)cc(C(F)(F)F)cc1Cl. The van der Waals surface area contributed by atoms with Crippen LogP contribution >= 0.6 is 11.6 Å². The molecule has 0 atom stereocenters. The molecule has 1 aromatic carbocycles. The van der Waals surface area contributed by atoms with Crippen molar-refractivity contribution >= 4 is 23.1 Å².